The van der Waals surface area contributed by atoms with Gasteiger partial charge in [0.15, 0.2) is 0 Å². The highest BCUT2D eigenvalue weighted by Crippen LogP contribution is 2.15. The lowest BCUT2D eigenvalue weighted by atomic mass is 10.1. The predicted octanol–water partition coefficient (Wildman–Crippen LogP) is 3.07. The summed E-state index contributed by atoms with van der Waals surface area (Å²) >= 11 is 0. The second kappa shape index (κ2) is 7.94. The molecule has 0 fully saturated rings. The normalized spacial score (nSPS) is 10.5. The van der Waals surface area contributed by atoms with Gasteiger partial charge in [-0.15, -0.1) is 0 Å². The molecule has 23 heavy (non-hydrogen) atoms. The topological polar surface area (TPSA) is 58.2 Å². The Bertz CT molecular complexity index is 721. The van der Waals surface area contributed by atoms with E-state index in [0.717, 1.165) is 22.4 Å². The molecule has 0 aliphatic carbocycles. The summed E-state index contributed by atoms with van der Waals surface area (Å²) in [5.41, 5.74) is 3.82. The Morgan fingerprint density at radius 2 is 1.78 bits per heavy atom. The number of hydrogen-bond acceptors (Lipinski definition) is 2. The van der Waals surface area contributed by atoms with Crippen LogP contribution in [0.3, 0.4) is 0 Å². The molecule has 0 aromatic heterocycles. The summed E-state index contributed by atoms with van der Waals surface area (Å²) in [4.78, 5) is 23.6. The van der Waals surface area contributed by atoms with E-state index in [1.807, 2.05) is 62.4 Å². The van der Waals surface area contributed by atoms with Crippen molar-refractivity contribution in [2.24, 2.45) is 0 Å². The molecule has 0 spiro atoms. The molecule has 0 saturated heterocycles. The van der Waals surface area contributed by atoms with Gasteiger partial charge in [0.05, 0.1) is 6.54 Å². The lowest BCUT2D eigenvalue weighted by Gasteiger charge is -2.09. The zero-order chi connectivity index (χ0) is 16.7. The van der Waals surface area contributed by atoms with Gasteiger partial charge in [0, 0.05) is 11.8 Å². The average Bonchev–Trinajstić information content (AvgIpc) is 2.54. The summed E-state index contributed by atoms with van der Waals surface area (Å²) in [6.45, 7) is 3.87. The standard InChI is InChI=1S/C19H20N2O2/c1-14-8-10-17(15(2)12-14)21-19(23)13-20-18(22)11-9-16-6-4-3-5-7-16/h3-12H,13H2,1-2H3,(H,20,22)(H,21,23)/b11-9+. The first kappa shape index (κ1) is 16.5. The van der Waals surface area contributed by atoms with Crippen molar-refractivity contribution in [3.63, 3.8) is 0 Å². The number of hydrogen-bond donors (Lipinski definition) is 2. The SMILES string of the molecule is Cc1ccc(NC(=O)CNC(=O)/C=C/c2ccccc2)c(C)c1. The fraction of sp³-hybridized carbons (Fsp3) is 0.158. The molecule has 118 valence electrons. The number of benzene rings is 2. The van der Waals surface area contributed by atoms with E-state index >= 15 is 0 Å². The molecule has 0 atom stereocenters. The third-order valence-corrected chi connectivity index (χ3v) is 3.31. The zero-order valence-corrected chi connectivity index (χ0v) is 13.3. The maximum atomic E-state index is 11.9. The van der Waals surface area contributed by atoms with Crippen LogP contribution in [0.5, 0.6) is 0 Å². The second-order valence-electron chi connectivity index (χ2n) is 5.33. The summed E-state index contributed by atoms with van der Waals surface area (Å²) in [6, 6.07) is 15.3. The summed E-state index contributed by atoms with van der Waals surface area (Å²) in [7, 11) is 0. The quantitative estimate of drug-likeness (QED) is 0.834. The Morgan fingerprint density at radius 1 is 1.04 bits per heavy atom. The van der Waals surface area contributed by atoms with Gasteiger partial charge >= 0.3 is 0 Å². The van der Waals surface area contributed by atoms with Crippen LogP contribution in [0.25, 0.3) is 6.08 Å². The maximum absolute atomic E-state index is 11.9. The van der Waals surface area contributed by atoms with E-state index in [1.165, 1.54) is 6.08 Å². The van der Waals surface area contributed by atoms with Crippen LogP contribution in [-0.4, -0.2) is 18.4 Å². The van der Waals surface area contributed by atoms with E-state index in [4.69, 9.17) is 0 Å². The Labute approximate surface area is 136 Å². The summed E-state index contributed by atoms with van der Waals surface area (Å²) in [5, 5.41) is 5.35. The molecule has 4 nitrogen and oxygen atoms in total. The molecule has 2 N–H and O–H groups in total. The van der Waals surface area contributed by atoms with Crippen LogP contribution in [0.1, 0.15) is 16.7 Å². The van der Waals surface area contributed by atoms with Crippen LogP contribution < -0.4 is 10.6 Å². The Kier molecular flexibility index (Phi) is 5.69. The van der Waals surface area contributed by atoms with Gasteiger partial charge in [-0.05, 0) is 37.1 Å². The van der Waals surface area contributed by atoms with Gasteiger partial charge in [-0.3, -0.25) is 9.59 Å². The number of amides is 2. The number of carbonyl (C=O) groups excluding carboxylic acids is 2. The number of nitrogens with one attached hydrogen (secondary N) is 2. The Balaban J connectivity index is 1.82. The fourth-order valence-corrected chi connectivity index (χ4v) is 2.11. The van der Waals surface area contributed by atoms with Crippen molar-refractivity contribution < 1.29 is 9.59 Å². The van der Waals surface area contributed by atoms with Crippen LogP contribution in [0, 0.1) is 13.8 Å². The summed E-state index contributed by atoms with van der Waals surface area (Å²) in [5.74, 6) is -0.553. The zero-order valence-electron chi connectivity index (χ0n) is 13.3. The van der Waals surface area contributed by atoms with E-state index in [2.05, 4.69) is 10.6 Å². The summed E-state index contributed by atoms with van der Waals surface area (Å²) in [6.07, 6.45) is 3.12. The van der Waals surface area contributed by atoms with Crippen molar-refractivity contribution >= 4 is 23.6 Å². The minimum absolute atomic E-state index is 0.0642. The first-order valence-electron chi connectivity index (χ1n) is 7.42. The van der Waals surface area contributed by atoms with Crippen molar-refractivity contribution in [1.29, 1.82) is 0 Å². The number of aryl methyl sites for hydroxylation is 2. The van der Waals surface area contributed by atoms with E-state index in [1.54, 1.807) is 6.08 Å². The monoisotopic (exact) mass is 308 g/mol. The van der Waals surface area contributed by atoms with Crippen molar-refractivity contribution in [2.45, 2.75) is 13.8 Å². The molecule has 0 radical (unpaired) electrons. The number of carbonyl (C=O) groups is 2. The van der Waals surface area contributed by atoms with Gasteiger partial charge in [0.2, 0.25) is 11.8 Å². The third kappa shape index (κ3) is 5.43. The third-order valence-electron chi connectivity index (χ3n) is 3.31. The molecular formula is C19H20N2O2. The maximum Gasteiger partial charge on any atom is 0.244 e. The predicted molar refractivity (Wildman–Crippen MR) is 93.0 cm³/mol. The van der Waals surface area contributed by atoms with Crippen LogP contribution in [0.15, 0.2) is 54.6 Å². The van der Waals surface area contributed by atoms with Gasteiger partial charge in [-0.25, -0.2) is 0 Å². The van der Waals surface area contributed by atoms with E-state index in [9.17, 15) is 9.59 Å². The highest BCUT2D eigenvalue weighted by atomic mass is 16.2. The average molecular weight is 308 g/mol. The molecule has 0 aliphatic rings. The van der Waals surface area contributed by atoms with Crippen LogP contribution >= 0.6 is 0 Å². The lowest BCUT2D eigenvalue weighted by Crippen LogP contribution is -2.31. The molecule has 0 aliphatic heterocycles. The lowest BCUT2D eigenvalue weighted by molar-refractivity contribution is -0.121. The minimum Gasteiger partial charge on any atom is -0.343 e. The van der Waals surface area contributed by atoms with E-state index in [0.29, 0.717) is 0 Å². The van der Waals surface area contributed by atoms with E-state index < -0.39 is 0 Å². The smallest absolute Gasteiger partial charge is 0.244 e. The molecule has 0 saturated carbocycles. The van der Waals surface area contributed by atoms with Crippen molar-refractivity contribution in [2.75, 3.05) is 11.9 Å². The highest BCUT2D eigenvalue weighted by Gasteiger charge is 2.06. The van der Waals surface area contributed by atoms with E-state index in [-0.39, 0.29) is 18.4 Å². The Hall–Kier alpha value is -2.88. The molecule has 2 amide bonds. The first-order valence-corrected chi connectivity index (χ1v) is 7.42. The number of rotatable bonds is 5. The molecule has 0 bridgehead atoms. The molecule has 2 rings (SSSR count). The highest BCUT2D eigenvalue weighted by molar-refractivity contribution is 5.98. The second-order valence-corrected chi connectivity index (χ2v) is 5.33. The van der Waals surface area contributed by atoms with Crippen molar-refractivity contribution in [3.8, 4) is 0 Å². The molecule has 0 heterocycles. The molecular weight excluding hydrogens is 288 g/mol. The molecule has 0 unspecified atom stereocenters. The number of anilines is 1. The van der Waals surface area contributed by atoms with Gasteiger partial charge < -0.3 is 10.6 Å². The summed E-state index contributed by atoms with van der Waals surface area (Å²) < 4.78 is 0. The van der Waals surface area contributed by atoms with Crippen LogP contribution in [-0.2, 0) is 9.59 Å². The van der Waals surface area contributed by atoms with Gasteiger partial charge in [-0.2, -0.15) is 0 Å². The van der Waals surface area contributed by atoms with Crippen LogP contribution in [0.4, 0.5) is 5.69 Å². The molecule has 2 aromatic rings. The molecule has 4 heteroatoms. The van der Waals surface area contributed by atoms with Crippen LogP contribution in [0.2, 0.25) is 0 Å². The largest absolute Gasteiger partial charge is 0.343 e. The first-order chi connectivity index (χ1) is 11.0. The minimum atomic E-state index is -0.301. The van der Waals surface area contributed by atoms with Crippen molar-refractivity contribution in [1.82, 2.24) is 5.32 Å². The van der Waals surface area contributed by atoms with Gasteiger partial charge in [0.1, 0.15) is 0 Å². The van der Waals surface area contributed by atoms with Crippen molar-refractivity contribution in [3.05, 3.63) is 71.3 Å². The molecule has 2 aromatic carbocycles. The fourth-order valence-electron chi connectivity index (χ4n) is 2.11. The Morgan fingerprint density at radius 3 is 2.48 bits per heavy atom. The van der Waals surface area contributed by atoms with Gasteiger partial charge in [0.25, 0.3) is 0 Å². The van der Waals surface area contributed by atoms with Gasteiger partial charge in [-0.1, -0.05) is 48.0 Å².